The highest BCUT2D eigenvalue weighted by atomic mass is 35.5. The Hall–Kier alpha value is -2.38. The third-order valence-corrected chi connectivity index (χ3v) is 5.09. The Morgan fingerprint density at radius 3 is 2.41 bits per heavy atom. The molecule has 0 unspecified atom stereocenters. The van der Waals surface area contributed by atoms with Gasteiger partial charge < -0.3 is 10.1 Å². The Bertz CT molecular complexity index is 892. The Kier molecular flexibility index (Phi) is 8.41. The summed E-state index contributed by atoms with van der Waals surface area (Å²) in [7, 11) is -4.60. The molecule has 162 valence electrons. The number of amides is 3. The van der Waals surface area contributed by atoms with Crippen molar-refractivity contribution in [1.29, 1.82) is 0 Å². The topological polar surface area (TPSA) is 131 Å². The fraction of sp³-hybridized carbons (Fsp3) is 0.400. The fourth-order valence-corrected chi connectivity index (χ4v) is 3.32. The van der Waals surface area contributed by atoms with Crippen LogP contribution in [0.3, 0.4) is 0 Å². The Morgan fingerprint density at radius 1 is 1.24 bits per heavy atom. The second-order valence-electron chi connectivity index (χ2n) is 5.45. The highest BCUT2D eigenvalue weighted by Crippen LogP contribution is 2.33. The molecule has 29 heavy (non-hydrogen) atoms. The zero-order valence-corrected chi connectivity index (χ0v) is 16.7. The van der Waals surface area contributed by atoms with Gasteiger partial charge in [-0.15, -0.1) is 0 Å². The van der Waals surface area contributed by atoms with Gasteiger partial charge in [-0.1, -0.05) is 11.6 Å². The molecule has 0 saturated carbocycles. The summed E-state index contributed by atoms with van der Waals surface area (Å²) < 4.78 is 69.0. The minimum Gasteiger partial charge on any atom is -0.452 e. The van der Waals surface area contributed by atoms with Gasteiger partial charge >= 0.3 is 18.2 Å². The molecule has 0 aliphatic heterocycles. The van der Waals surface area contributed by atoms with E-state index in [-0.39, 0.29) is 6.54 Å². The molecule has 14 heteroatoms. The summed E-state index contributed by atoms with van der Waals surface area (Å²) in [6.45, 7) is 1.99. The number of ether oxygens (including phenoxy) is 1. The van der Waals surface area contributed by atoms with E-state index in [1.54, 1.807) is 11.6 Å². The molecule has 1 aromatic rings. The highest BCUT2D eigenvalue weighted by molar-refractivity contribution is 7.89. The number of imide groups is 1. The van der Waals surface area contributed by atoms with E-state index in [4.69, 9.17) is 11.6 Å². The summed E-state index contributed by atoms with van der Waals surface area (Å²) in [6, 6.07) is 0.855. The van der Waals surface area contributed by atoms with Gasteiger partial charge in [0.15, 0.2) is 6.10 Å². The van der Waals surface area contributed by atoms with Crippen LogP contribution >= 0.6 is 11.6 Å². The first-order valence-electron chi connectivity index (χ1n) is 7.92. The van der Waals surface area contributed by atoms with Crippen molar-refractivity contribution >= 4 is 39.5 Å². The van der Waals surface area contributed by atoms with Crippen molar-refractivity contribution in [2.75, 3.05) is 13.1 Å². The number of esters is 1. The lowest BCUT2D eigenvalue weighted by Gasteiger charge is -2.14. The van der Waals surface area contributed by atoms with Gasteiger partial charge in [0.2, 0.25) is 10.0 Å². The van der Waals surface area contributed by atoms with E-state index in [0.29, 0.717) is 12.1 Å². The molecule has 0 aromatic heterocycles. The maximum atomic E-state index is 12.8. The minimum atomic E-state index is -4.80. The van der Waals surface area contributed by atoms with Gasteiger partial charge in [-0.25, -0.2) is 13.2 Å². The van der Waals surface area contributed by atoms with Crippen LogP contribution in [0.15, 0.2) is 23.1 Å². The highest BCUT2D eigenvalue weighted by Gasteiger charge is 2.33. The first-order chi connectivity index (χ1) is 13.3. The van der Waals surface area contributed by atoms with Crippen LogP contribution in [0.1, 0.15) is 19.4 Å². The number of urea groups is 1. The molecule has 0 aliphatic rings. The molecule has 3 N–H and O–H groups in total. The molecule has 0 fully saturated rings. The minimum absolute atomic E-state index is 0.243. The molecule has 1 aromatic carbocycles. The van der Waals surface area contributed by atoms with E-state index in [0.717, 1.165) is 13.0 Å². The van der Waals surface area contributed by atoms with Gasteiger partial charge in [0.25, 0.3) is 5.91 Å². The lowest BCUT2D eigenvalue weighted by Crippen LogP contribution is -2.45. The number of hydrogen-bond donors (Lipinski definition) is 3. The normalized spacial score (nSPS) is 12.8. The van der Waals surface area contributed by atoms with Crippen LogP contribution in [0.5, 0.6) is 0 Å². The quantitative estimate of drug-likeness (QED) is 0.528. The summed E-state index contributed by atoms with van der Waals surface area (Å²) in [5.41, 5.74) is -1.25. The SMILES string of the molecule is CCNC(=O)NC(=O)[C@@H](C)OC(=O)CNS(=O)(=O)c1cc(C(F)(F)F)ccc1Cl. The molecule has 0 bridgehead atoms. The smallest absolute Gasteiger partial charge is 0.416 e. The predicted molar refractivity (Wildman–Crippen MR) is 94.4 cm³/mol. The summed E-state index contributed by atoms with van der Waals surface area (Å²) in [5, 5.41) is 3.66. The van der Waals surface area contributed by atoms with Crippen molar-refractivity contribution in [2.45, 2.75) is 31.0 Å². The number of nitrogens with one attached hydrogen (secondary N) is 3. The van der Waals surface area contributed by atoms with Crippen molar-refractivity contribution < 1.29 is 40.7 Å². The number of benzene rings is 1. The number of carbonyl (C=O) groups is 3. The van der Waals surface area contributed by atoms with Crippen molar-refractivity contribution in [2.24, 2.45) is 0 Å². The molecule has 0 saturated heterocycles. The number of alkyl halides is 3. The summed E-state index contributed by atoms with van der Waals surface area (Å²) >= 11 is 5.65. The summed E-state index contributed by atoms with van der Waals surface area (Å²) in [5.74, 6) is -2.18. The third-order valence-electron chi connectivity index (χ3n) is 3.21. The van der Waals surface area contributed by atoms with Crippen LogP contribution in [-0.2, 0) is 30.5 Å². The molecule has 9 nitrogen and oxygen atoms in total. The van der Waals surface area contributed by atoms with Gasteiger partial charge in [-0.3, -0.25) is 14.9 Å². The van der Waals surface area contributed by atoms with E-state index >= 15 is 0 Å². The zero-order valence-electron chi connectivity index (χ0n) is 15.1. The molecule has 0 heterocycles. The molecule has 3 amide bonds. The Morgan fingerprint density at radius 2 is 1.86 bits per heavy atom. The average molecular weight is 460 g/mol. The molecule has 1 atom stereocenters. The molecular weight excluding hydrogens is 443 g/mol. The largest absolute Gasteiger partial charge is 0.452 e. The third kappa shape index (κ3) is 7.51. The fourth-order valence-electron chi connectivity index (χ4n) is 1.83. The van der Waals surface area contributed by atoms with Crippen molar-refractivity contribution in [1.82, 2.24) is 15.4 Å². The van der Waals surface area contributed by atoms with Crippen LogP contribution < -0.4 is 15.4 Å². The van der Waals surface area contributed by atoms with Crippen molar-refractivity contribution in [3.05, 3.63) is 28.8 Å². The van der Waals surface area contributed by atoms with Crippen molar-refractivity contribution in [3.63, 3.8) is 0 Å². The summed E-state index contributed by atoms with van der Waals surface area (Å²) in [6.07, 6.45) is -6.24. The molecule has 1 rings (SSSR count). The average Bonchev–Trinajstić information content (AvgIpc) is 2.59. The van der Waals surface area contributed by atoms with Gasteiger partial charge in [-0.2, -0.15) is 17.9 Å². The van der Waals surface area contributed by atoms with E-state index in [1.807, 2.05) is 5.32 Å². The molecular formula is C15H17ClF3N3O6S. The van der Waals surface area contributed by atoms with E-state index in [2.05, 4.69) is 10.1 Å². The van der Waals surface area contributed by atoms with E-state index in [9.17, 15) is 36.0 Å². The second-order valence-corrected chi connectivity index (χ2v) is 7.59. The van der Waals surface area contributed by atoms with E-state index in [1.165, 1.54) is 0 Å². The van der Waals surface area contributed by atoms with Gasteiger partial charge in [-0.05, 0) is 32.0 Å². The maximum absolute atomic E-state index is 12.8. The lowest BCUT2D eigenvalue weighted by molar-refractivity contribution is -0.153. The standard InChI is InChI=1S/C15H17ClF3N3O6S/c1-3-20-14(25)22-13(24)8(2)28-12(23)7-21-29(26,27)11-6-9(15(17,18)19)4-5-10(11)16/h4-6,8,21H,3,7H2,1-2H3,(H2,20,22,24,25)/t8-/m1/s1. The lowest BCUT2D eigenvalue weighted by atomic mass is 10.2. The van der Waals surface area contributed by atoms with Gasteiger partial charge in [0, 0.05) is 6.54 Å². The van der Waals surface area contributed by atoms with Gasteiger partial charge in [0.1, 0.15) is 11.4 Å². The van der Waals surface area contributed by atoms with Crippen LogP contribution in [0, 0.1) is 0 Å². The van der Waals surface area contributed by atoms with Crippen molar-refractivity contribution in [3.8, 4) is 0 Å². The molecule has 0 aliphatic carbocycles. The zero-order chi connectivity index (χ0) is 22.4. The predicted octanol–water partition coefficient (Wildman–Crippen LogP) is 1.41. The van der Waals surface area contributed by atoms with Crippen LogP contribution in [0.4, 0.5) is 18.0 Å². The first-order valence-corrected chi connectivity index (χ1v) is 9.78. The maximum Gasteiger partial charge on any atom is 0.416 e. The monoisotopic (exact) mass is 459 g/mol. The van der Waals surface area contributed by atoms with Crippen LogP contribution in [0.25, 0.3) is 0 Å². The Labute approximate surface area is 169 Å². The Balaban J connectivity index is 2.76. The van der Waals surface area contributed by atoms with Gasteiger partial charge in [0.05, 0.1) is 10.6 Å². The summed E-state index contributed by atoms with van der Waals surface area (Å²) in [4.78, 5) is 33.7. The number of rotatable bonds is 7. The van der Waals surface area contributed by atoms with Crippen LogP contribution in [-0.4, -0.2) is 45.5 Å². The number of hydrogen-bond acceptors (Lipinski definition) is 6. The molecule has 0 spiro atoms. The number of sulfonamides is 1. The molecule has 0 radical (unpaired) electrons. The first kappa shape index (κ1) is 24.7. The number of carbonyl (C=O) groups excluding carboxylic acids is 3. The van der Waals surface area contributed by atoms with Crippen LogP contribution in [0.2, 0.25) is 5.02 Å². The van der Waals surface area contributed by atoms with E-state index < -0.39 is 62.2 Å². The number of halogens is 4. The second kappa shape index (κ2) is 9.89.